The Balaban J connectivity index is 1.63. The second-order valence-corrected chi connectivity index (χ2v) is 8.85. The van der Waals surface area contributed by atoms with Crippen molar-refractivity contribution in [3.63, 3.8) is 0 Å². The topological polar surface area (TPSA) is 60.9 Å². The van der Waals surface area contributed by atoms with Crippen molar-refractivity contribution in [1.82, 2.24) is 4.90 Å². The number of carboxylic acids is 1. The second-order valence-electron chi connectivity index (χ2n) is 7.18. The normalized spacial score (nSPS) is 19.8. The molecule has 0 radical (unpaired) electrons. The fraction of sp³-hybridized carbons (Fsp3) is 0.476. The number of rotatable bonds is 6. The molecule has 0 aliphatic carbocycles. The van der Waals surface area contributed by atoms with Crippen molar-refractivity contribution in [2.45, 2.75) is 44.9 Å². The van der Waals surface area contributed by atoms with E-state index < -0.39 is 5.97 Å². The van der Waals surface area contributed by atoms with Crippen LogP contribution in [-0.4, -0.2) is 45.8 Å². The van der Waals surface area contributed by atoms with E-state index in [-0.39, 0.29) is 12.3 Å². The summed E-state index contributed by atoms with van der Waals surface area (Å²) in [7, 11) is 0. The van der Waals surface area contributed by atoms with Crippen molar-refractivity contribution in [3.05, 3.63) is 34.7 Å². The lowest BCUT2D eigenvalue weighted by Crippen LogP contribution is -2.29. The summed E-state index contributed by atoms with van der Waals surface area (Å²) in [5, 5.41) is 8.76. The Morgan fingerprint density at radius 1 is 1.11 bits per heavy atom. The zero-order valence-corrected chi connectivity index (χ0v) is 17.6. The Kier molecular flexibility index (Phi) is 7.50. The third-order valence-corrected chi connectivity index (χ3v) is 6.44. The van der Waals surface area contributed by atoms with Gasteiger partial charge < -0.3 is 10.0 Å². The molecule has 0 atom stereocenters. The maximum Gasteiger partial charge on any atom is 0.303 e. The van der Waals surface area contributed by atoms with E-state index in [1.807, 2.05) is 18.2 Å². The van der Waals surface area contributed by atoms with Crippen molar-refractivity contribution in [2.24, 2.45) is 0 Å². The summed E-state index contributed by atoms with van der Waals surface area (Å²) >= 11 is 6.58. The van der Waals surface area contributed by atoms with Crippen LogP contribution in [0.3, 0.4) is 0 Å². The monoisotopic (exact) mass is 418 g/mol. The van der Waals surface area contributed by atoms with E-state index in [1.54, 1.807) is 0 Å². The van der Waals surface area contributed by atoms with Crippen molar-refractivity contribution < 1.29 is 14.7 Å². The molecule has 2 fully saturated rings. The molecular weight excluding hydrogens is 392 g/mol. The van der Waals surface area contributed by atoms with Gasteiger partial charge in [-0.25, -0.2) is 0 Å². The number of carboxylic acid groups (broad SMARTS) is 1. The molecule has 5 nitrogen and oxygen atoms in total. The summed E-state index contributed by atoms with van der Waals surface area (Å²) in [6, 6.07) is 8.35. The first-order chi connectivity index (χ1) is 13.5. The minimum Gasteiger partial charge on any atom is -0.481 e. The summed E-state index contributed by atoms with van der Waals surface area (Å²) < 4.78 is 0.499. The predicted octanol–water partition coefficient (Wildman–Crippen LogP) is 4.52. The van der Waals surface area contributed by atoms with Gasteiger partial charge in [0.2, 0.25) is 0 Å². The third-order valence-electron chi connectivity index (χ3n) is 5.06. The number of benzene rings is 1. The van der Waals surface area contributed by atoms with E-state index in [9.17, 15) is 9.59 Å². The highest BCUT2D eigenvalue weighted by atomic mass is 32.2. The summed E-state index contributed by atoms with van der Waals surface area (Å²) in [6.45, 7) is 2.56. The number of amides is 1. The lowest BCUT2D eigenvalue weighted by Gasteiger charge is -2.27. The molecule has 1 aromatic rings. The minimum absolute atomic E-state index is 0.0358. The molecule has 0 unspecified atom stereocenters. The highest BCUT2D eigenvalue weighted by molar-refractivity contribution is 8.26. The van der Waals surface area contributed by atoms with Crippen LogP contribution in [0.4, 0.5) is 5.69 Å². The molecule has 2 aliphatic rings. The minimum atomic E-state index is -0.860. The Hall–Kier alpha value is -1.86. The van der Waals surface area contributed by atoms with Crippen molar-refractivity contribution >= 4 is 51.9 Å². The van der Waals surface area contributed by atoms with E-state index in [1.165, 1.54) is 54.5 Å². The Morgan fingerprint density at radius 3 is 2.39 bits per heavy atom. The average Bonchev–Trinajstić information content (AvgIpc) is 2.89. The summed E-state index contributed by atoms with van der Waals surface area (Å²) in [4.78, 5) is 27.8. The molecular formula is C21H26N2O3S2. The zero-order valence-electron chi connectivity index (χ0n) is 15.9. The smallest absolute Gasteiger partial charge is 0.303 e. The van der Waals surface area contributed by atoms with E-state index in [0.29, 0.717) is 22.2 Å². The quantitative estimate of drug-likeness (QED) is 0.541. The van der Waals surface area contributed by atoms with Crippen LogP contribution < -0.4 is 4.90 Å². The lowest BCUT2D eigenvalue weighted by molar-refractivity contribution is -0.137. The largest absolute Gasteiger partial charge is 0.481 e. The van der Waals surface area contributed by atoms with Gasteiger partial charge in [0, 0.05) is 31.7 Å². The van der Waals surface area contributed by atoms with Crippen LogP contribution in [0.25, 0.3) is 6.08 Å². The molecule has 0 spiro atoms. The van der Waals surface area contributed by atoms with Crippen molar-refractivity contribution in [1.29, 1.82) is 0 Å². The number of thioether (sulfide) groups is 1. The number of anilines is 1. The van der Waals surface area contributed by atoms with Gasteiger partial charge in [-0.15, -0.1) is 0 Å². The molecule has 1 amide bonds. The van der Waals surface area contributed by atoms with Crippen molar-refractivity contribution in [3.8, 4) is 0 Å². The lowest BCUT2D eigenvalue weighted by atomic mass is 10.1. The van der Waals surface area contributed by atoms with Gasteiger partial charge in [-0.1, -0.05) is 55.4 Å². The number of thiocarbonyl (C=S) groups is 1. The van der Waals surface area contributed by atoms with Gasteiger partial charge in [-0.3, -0.25) is 14.5 Å². The first kappa shape index (κ1) is 20.9. The average molecular weight is 419 g/mol. The van der Waals surface area contributed by atoms with E-state index in [2.05, 4.69) is 17.0 Å². The fourth-order valence-corrected chi connectivity index (χ4v) is 4.83. The zero-order chi connectivity index (χ0) is 19.9. The van der Waals surface area contributed by atoms with E-state index >= 15 is 0 Å². The van der Waals surface area contributed by atoms with Crippen LogP contribution in [0.15, 0.2) is 29.2 Å². The highest BCUT2D eigenvalue weighted by Gasteiger charge is 2.31. The maximum atomic E-state index is 12.6. The number of carbonyl (C=O) groups is 2. The number of hydrogen-bond acceptors (Lipinski definition) is 5. The van der Waals surface area contributed by atoms with E-state index in [4.69, 9.17) is 17.3 Å². The standard InChI is InChI=1S/C21H26N2O3S2/c24-19(25)7-6-14-23-20(26)18(28-21(23)27)15-16-8-10-17(11-9-16)22-12-4-2-1-3-5-13-22/h8-11,15H,1-7,12-14H2,(H,24,25). The highest BCUT2D eigenvalue weighted by Crippen LogP contribution is 2.33. The summed E-state index contributed by atoms with van der Waals surface area (Å²) in [5.74, 6) is -0.991. The Bertz CT molecular complexity index is 753. The summed E-state index contributed by atoms with van der Waals surface area (Å²) in [5.41, 5.74) is 2.21. The van der Waals surface area contributed by atoms with Gasteiger partial charge in [0.15, 0.2) is 0 Å². The first-order valence-corrected chi connectivity index (χ1v) is 11.1. The van der Waals surface area contributed by atoms with Crippen molar-refractivity contribution in [2.75, 3.05) is 24.5 Å². The maximum absolute atomic E-state index is 12.6. The molecule has 2 saturated heterocycles. The molecule has 0 saturated carbocycles. The number of aliphatic carboxylic acids is 1. The van der Waals surface area contributed by atoms with Crippen LogP contribution in [-0.2, 0) is 9.59 Å². The number of hydrogen-bond donors (Lipinski definition) is 1. The van der Waals surface area contributed by atoms with Gasteiger partial charge in [0.25, 0.3) is 5.91 Å². The molecule has 2 aliphatic heterocycles. The first-order valence-electron chi connectivity index (χ1n) is 9.87. The van der Waals surface area contributed by atoms with Gasteiger partial charge >= 0.3 is 5.97 Å². The molecule has 1 N–H and O–H groups in total. The third kappa shape index (κ3) is 5.58. The molecule has 28 heavy (non-hydrogen) atoms. The van der Waals surface area contributed by atoms with Gasteiger partial charge in [-0.2, -0.15) is 0 Å². The SMILES string of the molecule is O=C(O)CCCN1C(=O)C(=Cc2ccc(N3CCCCCCC3)cc2)SC1=S. The predicted molar refractivity (Wildman–Crippen MR) is 118 cm³/mol. The molecule has 0 bridgehead atoms. The van der Waals surface area contributed by atoms with Crippen LogP contribution in [0.2, 0.25) is 0 Å². The molecule has 2 heterocycles. The van der Waals surface area contributed by atoms with Gasteiger partial charge in [0.05, 0.1) is 4.91 Å². The van der Waals surface area contributed by atoms with Gasteiger partial charge in [0.1, 0.15) is 4.32 Å². The number of carbonyl (C=O) groups excluding carboxylic acids is 1. The Morgan fingerprint density at radius 2 is 1.75 bits per heavy atom. The number of nitrogens with zero attached hydrogens (tertiary/aromatic N) is 2. The molecule has 0 aromatic heterocycles. The van der Waals surface area contributed by atoms with Crippen LogP contribution in [0, 0.1) is 0 Å². The summed E-state index contributed by atoms with van der Waals surface area (Å²) in [6.07, 6.45) is 8.76. The molecule has 150 valence electrons. The molecule has 7 heteroatoms. The van der Waals surface area contributed by atoms with Crippen LogP contribution in [0.5, 0.6) is 0 Å². The fourth-order valence-electron chi connectivity index (χ4n) is 3.52. The van der Waals surface area contributed by atoms with E-state index in [0.717, 1.165) is 18.7 Å². The molecule has 1 aromatic carbocycles. The second kappa shape index (κ2) is 10.1. The van der Waals surface area contributed by atoms with Crippen LogP contribution >= 0.6 is 24.0 Å². The molecule has 3 rings (SSSR count). The van der Waals surface area contributed by atoms with Crippen LogP contribution in [0.1, 0.15) is 50.5 Å². The van der Waals surface area contributed by atoms with Gasteiger partial charge in [-0.05, 0) is 43.0 Å². The Labute approximate surface area is 175 Å².